The van der Waals surface area contributed by atoms with E-state index in [1.54, 1.807) is 11.3 Å². The maximum Gasteiger partial charge on any atom is 0.307 e. The molecule has 1 saturated carbocycles. The van der Waals surface area contributed by atoms with Crippen LogP contribution >= 0.6 is 11.3 Å². The van der Waals surface area contributed by atoms with Crippen molar-refractivity contribution in [2.24, 2.45) is 17.3 Å². The number of nitrogens with one attached hydrogen (secondary N) is 1. The number of aryl methyl sites for hydroxylation is 1. The van der Waals surface area contributed by atoms with E-state index >= 15 is 0 Å². The molecular formula is C13H17NO3S. The van der Waals surface area contributed by atoms with Crippen molar-refractivity contribution in [3.8, 4) is 0 Å². The predicted octanol–water partition coefficient (Wildman–Crippen LogP) is 2.03. The van der Waals surface area contributed by atoms with Gasteiger partial charge >= 0.3 is 5.97 Å². The lowest BCUT2D eigenvalue weighted by molar-refractivity contribution is -0.140. The molecule has 4 nitrogen and oxygen atoms in total. The second-order valence-electron chi connectivity index (χ2n) is 5.36. The number of carboxylic acid groups (broad SMARTS) is 1. The third-order valence-electron chi connectivity index (χ3n) is 3.77. The van der Waals surface area contributed by atoms with Gasteiger partial charge in [0.2, 0.25) is 5.91 Å². The minimum Gasteiger partial charge on any atom is -0.481 e. The molecule has 0 aromatic carbocycles. The standard InChI is InChI=1S/C13H17NO3S/c1-7-4-5-18-8(7)6-14-11(15)9-10(12(16)17)13(9,2)3/h4-5,9-10H,6H2,1-3H3,(H,14,15)(H,16,17). The average Bonchev–Trinajstić information content (AvgIpc) is 2.62. The van der Waals surface area contributed by atoms with E-state index in [2.05, 4.69) is 5.32 Å². The molecule has 2 N–H and O–H groups in total. The fraction of sp³-hybridized carbons (Fsp3) is 0.538. The molecule has 2 atom stereocenters. The fourth-order valence-electron chi connectivity index (χ4n) is 2.45. The highest BCUT2D eigenvalue weighted by molar-refractivity contribution is 7.10. The highest BCUT2D eigenvalue weighted by atomic mass is 32.1. The lowest BCUT2D eigenvalue weighted by Crippen LogP contribution is -2.26. The summed E-state index contributed by atoms with van der Waals surface area (Å²) in [6.45, 7) is 6.14. The number of amides is 1. The van der Waals surface area contributed by atoms with Crippen LogP contribution in [0.1, 0.15) is 24.3 Å². The van der Waals surface area contributed by atoms with Gasteiger partial charge in [-0.25, -0.2) is 0 Å². The molecular weight excluding hydrogens is 250 g/mol. The van der Waals surface area contributed by atoms with Crippen LogP contribution in [0.4, 0.5) is 0 Å². The Bertz CT molecular complexity index is 492. The average molecular weight is 267 g/mol. The second kappa shape index (κ2) is 4.39. The minimum atomic E-state index is -0.882. The van der Waals surface area contributed by atoms with Gasteiger partial charge in [-0.15, -0.1) is 11.3 Å². The monoisotopic (exact) mass is 267 g/mol. The lowest BCUT2D eigenvalue weighted by Gasteiger charge is -2.05. The zero-order valence-corrected chi connectivity index (χ0v) is 11.5. The van der Waals surface area contributed by atoms with E-state index in [0.29, 0.717) is 6.54 Å². The van der Waals surface area contributed by atoms with Crippen LogP contribution < -0.4 is 5.32 Å². The Morgan fingerprint density at radius 2 is 2.11 bits per heavy atom. The van der Waals surface area contributed by atoms with Gasteiger partial charge in [0.1, 0.15) is 0 Å². The van der Waals surface area contributed by atoms with Gasteiger partial charge in [-0.2, -0.15) is 0 Å². The van der Waals surface area contributed by atoms with Crippen LogP contribution in [0.2, 0.25) is 0 Å². The van der Waals surface area contributed by atoms with Crippen LogP contribution in [0.25, 0.3) is 0 Å². The minimum absolute atomic E-state index is 0.153. The van der Waals surface area contributed by atoms with Crippen LogP contribution in [0, 0.1) is 24.2 Å². The molecule has 0 radical (unpaired) electrons. The lowest BCUT2D eigenvalue weighted by atomic mass is 10.1. The highest BCUT2D eigenvalue weighted by Crippen LogP contribution is 2.58. The predicted molar refractivity (Wildman–Crippen MR) is 69.3 cm³/mol. The maximum absolute atomic E-state index is 12.0. The number of rotatable bonds is 4. The first-order chi connectivity index (χ1) is 8.35. The van der Waals surface area contributed by atoms with Crippen LogP contribution in [0.3, 0.4) is 0 Å². The summed E-state index contributed by atoms with van der Waals surface area (Å²) < 4.78 is 0. The van der Waals surface area contributed by atoms with E-state index in [1.807, 2.05) is 32.2 Å². The van der Waals surface area contributed by atoms with Gasteiger partial charge in [-0.05, 0) is 29.3 Å². The number of hydrogen-bond donors (Lipinski definition) is 2. The summed E-state index contributed by atoms with van der Waals surface area (Å²) >= 11 is 1.60. The maximum atomic E-state index is 12.0. The van der Waals surface area contributed by atoms with E-state index in [0.717, 1.165) is 10.4 Å². The fourth-order valence-corrected chi connectivity index (χ4v) is 3.30. The highest BCUT2D eigenvalue weighted by Gasteiger charge is 2.65. The normalized spacial score (nSPS) is 24.6. The Morgan fingerprint density at radius 1 is 1.44 bits per heavy atom. The Hall–Kier alpha value is -1.36. The molecule has 1 aromatic rings. The summed E-state index contributed by atoms with van der Waals surface area (Å²) in [5.41, 5.74) is 0.727. The van der Waals surface area contributed by atoms with Crippen molar-refractivity contribution in [2.45, 2.75) is 27.3 Å². The van der Waals surface area contributed by atoms with Gasteiger partial charge in [0, 0.05) is 4.88 Å². The van der Waals surface area contributed by atoms with Crippen LogP contribution in [-0.2, 0) is 16.1 Å². The van der Waals surface area contributed by atoms with Crippen LogP contribution in [0.5, 0.6) is 0 Å². The number of carboxylic acids is 1. The first-order valence-electron chi connectivity index (χ1n) is 5.89. The molecule has 1 fully saturated rings. The Labute approximate surface area is 110 Å². The summed E-state index contributed by atoms with van der Waals surface area (Å²) in [4.78, 5) is 24.1. The Balaban J connectivity index is 1.94. The third-order valence-corrected chi connectivity index (χ3v) is 4.79. The molecule has 1 aromatic heterocycles. The Morgan fingerprint density at radius 3 is 2.56 bits per heavy atom. The summed E-state index contributed by atoms with van der Waals surface area (Å²) in [7, 11) is 0. The largest absolute Gasteiger partial charge is 0.481 e. The molecule has 1 heterocycles. The van der Waals surface area contributed by atoms with Gasteiger partial charge in [0.15, 0.2) is 0 Å². The van der Waals surface area contributed by atoms with Crippen molar-refractivity contribution >= 4 is 23.2 Å². The van der Waals surface area contributed by atoms with E-state index < -0.39 is 23.2 Å². The van der Waals surface area contributed by atoms with Crippen molar-refractivity contribution in [3.05, 3.63) is 21.9 Å². The summed E-state index contributed by atoms with van der Waals surface area (Å²) in [5, 5.41) is 13.8. The quantitative estimate of drug-likeness (QED) is 0.877. The topological polar surface area (TPSA) is 66.4 Å². The van der Waals surface area contributed by atoms with E-state index in [9.17, 15) is 9.59 Å². The van der Waals surface area contributed by atoms with Crippen LogP contribution in [-0.4, -0.2) is 17.0 Å². The van der Waals surface area contributed by atoms with Gasteiger partial charge in [0.25, 0.3) is 0 Å². The molecule has 98 valence electrons. The molecule has 5 heteroatoms. The molecule has 0 spiro atoms. The molecule has 2 unspecified atom stereocenters. The number of aliphatic carboxylic acids is 1. The van der Waals surface area contributed by atoms with Crippen molar-refractivity contribution in [1.82, 2.24) is 5.32 Å². The number of hydrogen-bond acceptors (Lipinski definition) is 3. The van der Waals surface area contributed by atoms with Crippen molar-refractivity contribution in [1.29, 1.82) is 0 Å². The van der Waals surface area contributed by atoms with Gasteiger partial charge in [-0.3, -0.25) is 9.59 Å². The molecule has 0 bridgehead atoms. The molecule has 1 amide bonds. The van der Waals surface area contributed by atoms with Crippen molar-refractivity contribution in [3.63, 3.8) is 0 Å². The Kier molecular flexibility index (Phi) is 3.19. The SMILES string of the molecule is Cc1ccsc1CNC(=O)C1C(C(=O)O)C1(C)C. The summed E-state index contributed by atoms with van der Waals surface area (Å²) in [6, 6.07) is 2.01. The molecule has 0 aliphatic heterocycles. The smallest absolute Gasteiger partial charge is 0.307 e. The van der Waals surface area contributed by atoms with Gasteiger partial charge < -0.3 is 10.4 Å². The van der Waals surface area contributed by atoms with Crippen LogP contribution in [0.15, 0.2) is 11.4 Å². The third kappa shape index (κ3) is 2.14. The number of carbonyl (C=O) groups is 2. The van der Waals surface area contributed by atoms with E-state index in [-0.39, 0.29) is 5.91 Å². The zero-order chi connectivity index (χ0) is 13.5. The molecule has 2 rings (SSSR count). The van der Waals surface area contributed by atoms with Crippen molar-refractivity contribution in [2.75, 3.05) is 0 Å². The van der Waals surface area contributed by atoms with Gasteiger partial charge in [-0.1, -0.05) is 13.8 Å². The van der Waals surface area contributed by atoms with E-state index in [1.165, 1.54) is 0 Å². The van der Waals surface area contributed by atoms with E-state index in [4.69, 9.17) is 5.11 Å². The first-order valence-corrected chi connectivity index (χ1v) is 6.77. The second-order valence-corrected chi connectivity index (χ2v) is 6.36. The molecule has 18 heavy (non-hydrogen) atoms. The number of thiophene rings is 1. The molecule has 0 saturated heterocycles. The summed E-state index contributed by atoms with van der Waals surface area (Å²) in [5.74, 6) is -2.00. The van der Waals surface area contributed by atoms with Gasteiger partial charge in [0.05, 0.1) is 18.4 Å². The molecule has 1 aliphatic rings. The van der Waals surface area contributed by atoms with Crippen molar-refractivity contribution < 1.29 is 14.7 Å². The zero-order valence-electron chi connectivity index (χ0n) is 10.7. The number of carbonyl (C=O) groups excluding carboxylic acids is 1. The summed E-state index contributed by atoms with van der Waals surface area (Å²) in [6.07, 6.45) is 0. The molecule has 1 aliphatic carbocycles. The first kappa shape index (κ1) is 13.1.